The molecule has 1 aliphatic heterocycles. The monoisotopic (exact) mass is 465 g/mol. The highest BCUT2D eigenvalue weighted by molar-refractivity contribution is 6.00. The number of piperidine rings is 1. The number of carbonyl (C=O) groups excluding carboxylic acids is 1. The summed E-state index contributed by atoms with van der Waals surface area (Å²) in [5.74, 6) is 1.05. The molecule has 0 unspecified atom stereocenters. The molecule has 35 heavy (non-hydrogen) atoms. The molecule has 1 aromatic carbocycles. The van der Waals surface area contributed by atoms with Crippen LogP contribution in [0, 0.1) is 0 Å². The second kappa shape index (κ2) is 8.32. The molecule has 0 radical (unpaired) electrons. The molecule has 0 saturated carbocycles. The van der Waals surface area contributed by atoms with E-state index in [9.17, 15) is 4.79 Å². The highest BCUT2D eigenvalue weighted by Crippen LogP contribution is 2.35. The molecule has 0 spiro atoms. The molecular formula is C25H23N9O. The fourth-order valence-corrected chi connectivity index (χ4v) is 4.78. The third kappa shape index (κ3) is 3.59. The Morgan fingerprint density at radius 1 is 1.14 bits per heavy atom. The Morgan fingerprint density at radius 2 is 2.03 bits per heavy atom. The highest BCUT2D eigenvalue weighted by atomic mass is 16.2. The largest absolute Gasteiger partial charge is 0.383 e. The van der Waals surface area contributed by atoms with Crippen molar-refractivity contribution in [1.29, 1.82) is 0 Å². The topological polar surface area (TPSA) is 121 Å². The Morgan fingerprint density at radius 3 is 2.86 bits per heavy atom. The summed E-state index contributed by atoms with van der Waals surface area (Å²) in [6, 6.07) is 6.14. The smallest absolute Gasteiger partial charge is 0.246 e. The van der Waals surface area contributed by atoms with Gasteiger partial charge in [0.15, 0.2) is 11.5 Å². The molecule has 10 nitrogen and oxygen atoms in total. The van der Waals surface area contributed by atoms with E-state index in [-0.39, 0.29) is 11.9 Å². The summed E-state index contributed by atoms with van der Waals surface area (Å²) in [4.78, 5) is 31.3. The summed E-state index contributed by atoms with van der Waals surface area (Å²) in [5.41, 5.74) is 8.63. The van der Waals surface area contributed by atoms with Gasteiger partial charge in [-0.2, -0.15) is 5.10 Å². The van der Waals surface area contributed by atoms with Gasteiger partial charge < -0.3 is 15.2 Å². The number of nitrogen functional groups attached to an aromatic ring is 1. The molecule has 0 bridgehead atoms. The predicted octanol–water partition coefficient (Wildman–Crippen LogP) is 3.16. The van der Waals surface area contributed by atoms with Crippen LogP contribution in [0.3, 0.4) is 0 Å². The van der Waals surface area contributed by atoms with Crippen LogP contribution in [0.2, 0.25) is 0 Å². The summed E-state index contributed by atoms with van der Waals surface area (Å²) in [5, 5.41) is 7.79. The SMILES string of the molecule is C=CC(=O)N1CCC[C@@H](n2nc(-c3ccc4cn(-c5cnccn5)cc4c3)c3c(N)ncnc32)C1. The van der Waals surface area contributed by atoms with Crippen molar-refractivity contribution in [2.24, 2.45) is 0 Å². The minimum Gasteiger partial charge on any atom is -0.383 e. The third-order valence-electron chi connectivity index (χ3n) is 6.48. The lowest BCUT2D eigenvalue weighted by molar-refractivity contribution is -0.127. The zero-order valence-electron chi connectivity index (χ0n) is 18.9. The molecular weight excluding hydrogens is 442 g/mol. The van der Waals surface area contributed by atoms with Crippen molar-refractivity contribution in [3.63, 3.8) is 0 Å². The maximum absolute atomic E-state index is 12.2. The van der Waals surface area contributed by atoms with Crippen LogP contribution in [-0.4, -0.2) is 58.2 Å². The summed E-state index contributed by atoms with van der Waals surface area (Å²) >= 11 is 0. The van der Waals surface area contributed by atoms with Crippen LogP contribution in [0.5, 0.6) is 0 Å². The molecule has 10 heteroatoms. The zero-order valence-corrected chi connectivity index (χ0v) is 18.9. The highest BCUT2D eigenvalue weighted by Gasteiger charge is 2.28. The molecule has 1 atom stereocenters. The summed E-state index contributed by atoms with van der Waals surface area (Å²) in [6.07, 6.45) is 13.7. The number of fused-ring (bicyclic) bond motifs is 2. The second-order valence-corrected chi connectivity index (χ2v) is 8.61. The van der Waals surface area contributed by atoms with E-state index in [2.05, 4.69) is 32.6 Å². The van der Waals surface area contributed by atoms with Gasteiger partial charge in [0.1, 0.15) is 17.8 Å². The molecule has 1 aliphatic rings. The van der Waals surface area contributed by atoms with Gasteiger partial charge in [-0.05, 0) is 30.4 Å². The molecule has 1 saturated heterocycles. The Kier molecular flexibility index (Phi) is 4.98. The minimum atomic E-state index is -0.0707. The molecule has 6 rings (SSSR count). The van der Waals surface area contributed by atoms with E-state index in [1.54, 1.807) is 23.5 Å². The first-order valence-electron chi connectivity index (χ1n) is 11.4. The summed E-state index contributed by atoms with van der Waals surface area (Å²) < 4.78 is 3.85. The first-order chi connectivity index (χ1) is 17.1. The van der Waals surface area contributed by atoms with Gasteiger partial charge in [0.25, 0.3) is 0 Å². The quantitative estimate of drug-likeness (QED) is 0.405. The third-order valence-corrected chi connectivity index (χ3v) is 6.48. The summed E-state index contributed by atoms with van der Waals surface area (Å²) in [7, 11) is 0. The molecule has 5 heterocycles. The van der Waals surface area contributed by atoms with Gasteiger partial charge in [-0.1, -0.05) is 18.7 Å². The fraction of sp³-hybridized carbons (Fsp3) is 0.200. The average Bonchev–Trinajstić information content (AvgIpc) is 3.51. The number of nitrogens with zero attached hydrogens (tertiary/aromatic N) is 8. The van der Waals surface area contributed by atoms with E-state index in [0.717, 1.165) is 40.7 Å². The van der Waals surface area contributed by atoms with Crippen molar-refractivity contribution < 1.29 is 4.79 Å². The van der Waals surface area contributed by atoms with Crippen LogP contribution in [0.15, 0.2) is 68.2 Å². The number of hydrogen-bond acceptors (Lipinski definition) is 7. The van der Waals surface area contributed by atoms with Gasteiger partial charge in [0.2, 0.25) is 5.91 Å². The van der Waals surface area contributed by atoms with Crippen LogP contribution in [0.25, 0.3) is 38.9 Å². The van der Waals surface area contributed by atoms with E-state index < -0.39 is 0 Å². The predicted molar refractivity (Wildman–Crippen MR) is 133 cm³/mol. The molecule has 1 fully saturated rings. The zero-order chi connectivity index (χ0) is 23.9. The van der Waals surface area contributed by atoms with Gasteiger partial charge in [-0.3, -0.25) is 9.78 Å². The first-order valence-corrected chi connectivity index (χ1v) is 11.4. The molecule has 1 amide bonds. The van der Waals surface area contributed by atoms with Crippen molar-refractivity contribution in [2.75, 3.05) is 18.8 Å². The van der Waals surface area contributed by atoms with E-state index in [1.165, 1.54) is 12.4 Å². The van der Waals surface area contributed by atoms with Crippen molar-refractivity contribution in [1.82, 2.24) is 39.2 Å². The molecule has 2 N–H and O–H groups in total. The Bertz CT molecular complexity index is 1570. The van der Waals surface area contributed by atoms with Crippen LogP contribution in [-0.2, 0) is 4.79 Å². The molecule has 4 aromatic heterocycles. The lowest BCUT2D eigenvalue weighted by Gasteiger charge is -2.32. The first kappa shape index (κ1) is 21.0. The number of carbonyl (C=O) groups is 1. The number of amides is 1. The molecule has 174 valence electrons. The maximum atomic E-state index is 12.2. The van der Waals surface area contributed by atoms with E-state index in [4.69, 9.17) is 10.8 Å². The minimum absolute atomic E-state index is 0.0142. The van der Waals surface area contributed by atoms with Gasteiger partial charge in [-0.25, -0.2) is 19.6 Å². The van der Waals surface area contributed by atoms with Crippen LogP contribution < -0.4 is 5.73 Å². The van der Waals surface area contributed by atoms with Crippen molar-refractivity contribution in [3.8, 4) is 17.1 Å². The fourth-order valence-electron chi connectivity index (χ4n) is 4.78. The van der Waals surface area contributed by atoms with Crippen molar-refractivity contribution >= 4 is 33.5 Å². The van der Waals surface area contributed by atoms with Gasteiger partial charge >= 0.3 is 0 Å². The Labute approximate surface area is 200 Å². The van der Waals surface area contributed by atoms with Gasteiger partial charge in [0.05, 0.1) is 17.6 Å². The van der Waals surface area contributed by atoms with Crippen molar-refractivity contribution in [2.45, 2.75) is 18.9 Å². The normalized spacial score (nSPS) is 16.1. The average molecular weight is 466 g/mol. The second-order valence-electron chi connectivity index (χ2n) is 8.61. The number of likely N-dealkylation sites (tertiary alicyclic amines) is 1. The van der Waals surface area contributed by atoms with Crippen LogP contribution in [0.4, 0.5) is 5.82 Å². The van der Waals surface area contributed by atoms with Crippen LogP contribution in [0.1, 0.15) is 18.9 Å². The summed E-state index contributed by atoms with van der Waals surface area (Å²) in [6.45, 7) is 4.88. The number of aromatic nitrogens is 7. The number of hydrogen-bond donors (Lipinski definition) is 1. The molecule has 5 aromatic rings. The lowest BCUT2D eigenvalue weighted by atomic mass is 10.1. The Hall–Kier alpha value is -4.60. The lowest BCUT2D eigenvalue weighted by Crippen LogP contribution is -2.40. The Balaban J connectivity index is 1.45. The standard InChI is InChI=1S/C25H23N9O/c1-2-21(35)32-9-3-4-19(14-32)34-25-22(24(26)29-15-30-25)23(31-34)16-5-6-17-12-33(13-18(17)10-16)20-11-27-7-8-28-20/h2,5-8,10-13,15,19H,1,3-4,9,14H2,(H2,26,29,30)/t19-/m1/s1. The number of anilines is 1. The van der Waals surface area contributed by atoms with Gasteiger partial charge in [0, 0.05) is 48.8 Å². The molecule has 0 aliphatic carbocycles. The number of nitrogens with two attached hydrogens (primary N) is 1. The van der Waals surface area contributed by atoms with Crippen molar-refractivity contribution in [3.05, 3.63) is 68.2 Å². The number of benzene rings is 1. The van der Waals surface area contributed by atoms with E-state index >= 15 is 0 Å². The van der Waals surface area contributed by atoms with Gasteiger partial charge in [-0.15, -0.1) is 0 Å². The van der Waals surface area contributed by atoms with Crippen LogP contribution >= 0.6 is 0 Å². The number of rotatable bonds is 4. The maximum Gasteiger partial charge on any atom is 0.246 e. The van der Waals surface area contributed by atoms with E-state index in [0.29, 0.717) is 29.9 Å². The van der Waals surface area contributed by atoms with E-state index in [1.807, 2.05) is 33.8 Å².